The molecule has 9 heteroatoms. The number of hydrogen-bond acceptors (Lipinski definition) is 4. The smallest absolute Gasteiger partial charge is 0.262 e. The zero-order chi connectivity index (χ0) is 18.6. The molecule has 6 nitrogen and oxygen atoms in total. The molecule has 0 heterocycles. The lowest BCUT2D eigenvalue weighted by atomic mass is 10.2. The molecule has 0 fully saturated rings. The van der Waals surface area contributed by atoms with Gasteiger partial charge in [-0.25, -0.2) is 8.42 Å². The molecule has 0 aromatic heterocycles. The van der Waals surface area contributed by atoms with E-state index in [1.165, 1.54) is 12.1 Å². The van der Waals surface area contributed by atoms with E-state index in [1.54, 1.807) is 31.2 Å². The second-order valence-corrected chi connectivity index (χ2v) is 7.88. The molecule has 2 rings (SSSR count). The lowest BCUT2D eigenvalue weighted by Gasteiger charge is -2.12. The van der Waals surface area contributed by atoms with Gasteiger partial charge in [-0.15, -0.1) is 0 Å². The minimum absolute atomic E-state index is 0.235. The first-order chi connectivity index (χ1) is 11.6. The average molecular weight is 403 g/mol. The predicted octanol–water partition coefficient (Wildman–Crippen LogP) is 3.69. The van der Waals surface area contributed by atoms with Crippen LogP contribution in [-0.2, 0) is 14.8 Å². The van der Waals surface area contributed by atoms with Crippen LogP contribution >= 0.6 is 23.2 Å². The van der Waals surface area contributed by atoms with E-state index >= 15 is 0 Å². The first-order valence-corrected chi connectivity index (χ1v) is 9.75. The van der Waals surface area contributed by atoms with Gasteiger partial charge in [0.25, 0.3) is 5.91 Å². The molecule has 0 atom stereocenters. The van der Waals surface area contributed by atoms with Crippen molar-refractivity contribution in [1.82, 2.24) is 0 Å². The number of halogens is 2. The second kappa shape index (κ2) is 7.95. The van der Waals surface area contributed by atoms with E-state index in [0.29, 0.717) is 27.2 Å². The summed E-state index contributed by atoms with van der Waals surface area (Å²) in [6.07, 6.45) is 1.06. The summed E-state index contributed by atoms with van der Waals surface area (Å²) >= 11 is 11.7. The zero-order valence-electron chi connectivity index (χ0n) is 13.5. The highest BCUT2D eigenvalue weighted by atomic mass is 35.5. The quantitative estimate of drug-likeness (QED) is 0.771. The molecule has 2 N–H and O–H groups in total. The minimum atomic E-state index is -3.41. The summed E-state index contributed by atoms with van der Waals surface area (Å²) in [5, 5.41) is 3.35. The highest BCUT2D eigenvalue weighted by Crippen LogP contribution is 2.26. The van der Waals surface area contributed by atoms with E-state index < -0.39 is 15.9 Å². The minimum Gasteiger partial charge on any atom is -0.484 e. The van der Waals surface area contributed by atoms with Crippen LogP contribution in [0.5, 0.6) is 5.75 Å². The number of aryl methyl sites for hydroxylation is 1. The van der Waals surface area contributed by atoms with Crippen molar-refractivity contribution in [2.24, 2.45) is 0 Å². The van der Waals surface area contributed by atoms with Gasteiger partial charge in [0.15, 0.2) is 6.61 Å². The molecule has 2 aromatic carbocycles. The number of carbonyl (C=O) groups excluding carboxylic acids is 1. The predicted molar refractivity (Wildman–Crippen MR) is 100 cm³/mol. The maximum absolute atomic E-state index is 12.0. The van der Waals surface area contributed by atoms with E-state index in [0.717, 1.165) is 11.8 Å². The number of anilines is 2. The highest BCUT2D eigenvalue weighted by Gasteiger charge is 2.09. The Bertz CT molecular complexity index is 901. The number of nitrogens with one attached hydrogen (secondary N) is 2. The third kappa shape index (κ3) is 6.12. The largest absolute Gasteiger partial charge is 0.484 e. The number of benzene rings is 2. The van der Waals surface area contributed by atoms with E-state index in [2.05, 4.69) is 10.0 Å². The zero-order valence-corrected chi connectivity index (χ0v) is 15.8. The van der Waals surface area contributed by atoms with Gasteiger partial charge in [0.2, 0.25) is 10.0 Å². The highest BCUT2D eigenvalue weighted by molar-refractivity contribution is 7.92. The van der Waals surface area contributed by atoms with Gasteiger partial charge in [-0.2, -0.15) is 0 Å². The van der Waals surface area contributed by atoms with Gasteiger partial charge in [0, 0.05) is 11.8 Å². The van der Waals surface area contributed by atoms with Crippen LogP contribution in [-0.4, -0.2) is 27.2 Å². The van der Waals surface area contributed by atoms with Crippen LogP contribution in [0.2, 0.25) is 10.0 Å². The molecule has 0 aliphatic carbocycles. The van der Waals surface area contributed by atoms with Crippen LogP contribution < -0.4 is 14.8 Å². The molecule has 0 saturated carbocycles. The standard InChI is InChI=1S/C16H16Cl2N2O4S/c1-10-3-4-11(7-15(10)20-25(2,22)23)19-16(21)9-24-12-5-6-13(17)14(18)8-12/h3-8,20H,9H2,1-2H3,(H,19,21). The van der Waals surface area contributed by atoms with Crippen LogP contribution in [0, 0.1) is 6.92 Å². The number of ether oxygens (including phenoxy) is 1. The third-order valence-electron chi connectivity index (χ3n) is 3.08. The van der Waals surface area contributed by atoms with Gasteiger partial charge in [0.05, 0.1) is 22.0 Å². The summed E-state index contributed by atoms with van der Waals surface area (Å²) in [5.41, 5.74) is 1.57. The third-order valence-corrected chi connectivity index (χ3v) is 4.41. The summed E-state index contributed by atoms with van der Waals surface area (Å²) < 4.78 is 30.5. The SMILES string of the molecule is Cc1ccc(NC(=O)COc2ccc(Cl)c(Cl)c2)cc1NS(C)(=O)=O. The molecular formula is C16H16Cl2N2O4S. The van der Waals surface area contributed by atoms with Gasteiger partial charge < -0.3 is 10.1 Å². The maximum atomic E-state index is 12.0. The van der Waals surface area contributed by atoms with Crippen molar-refractivity contribution >= 4 is 50.5 Å². The van der Waals surface area contributed by atoms with Crippen molar-refractivity contribution < 1.29 is 17.9 Å². The molecule has 2 aromatic rings. The van der Waals surface area contributed by atoms with Crippen LogP contribution in [0.3, 0.4) is 0 Å². The summed E-state index contributed by atoms with van der Waals surface area (Å²) in [6, 6.07) is 9.58. The number of sulfonamides is 1. The van der Waals surface area contributed by atoms with Crippen molar-refractivity contribution in [2.75, 3.05) is 22.9 Å². The lowest BCUT2D eigenvalue weighted by molar-refractivity contribution is -0.118. The first kappa shape index (κ1) is 19.4. The summed E-state index contributed by atoms with van der Waals surface area (Å²) in [7, 11) is -3.41. The molecule has 0 aliphatic rings. The number of carbonyl (C=O) groups is 1. The second-order valence-electron chi connectivity index (χ2n) is 5.32. The Labute approximate surface area is 156 Å². The molecular weight excluding hydrogens is 387 g/mol. The molecule has 25 heavy (non-hydrogen) atoms. The fourth-order valence-electron chi connectivity index (χ4n) is 1.92. The number of rotatable bonds is 6. The molecule has 0 unspecified atom stereocenters. The summed E-state index contributed by atoms with van der Waals surface area (Å²) in [6.45, 7) is 1.52. The lowest BCUT2D eigenvalue weighted by Crippen LogP contribution is -2.20. The molecule has 134 valence electrons. The Morgan fingerprint density at radius 3 is 2.48 bits per heavy atom. The molecule has 0 radical (unpaired) electrons. The van der Waals surface area contributed by atoms with Crippen molar-refractivity contribution in [3.05, 3.63) is 52.0 Å². The molecule has 0 aliphatic heterocycles. The van der Waals surface area contributed by atoms with Gasteiger partial charge >= 0.3 is 0 Å². The summed E-state index contributed by atoms with van der Waals surface area (Å²) in [5.74, 6) is 0.00752. The van der Waals surface area contributed by atoms with Crippen molar-refractivity contribution in [2.45, 2.75) is 6.92 Å². The Balaban J connectivity index is 2.00. The fourth-order valence-corrected chi connectivity index (χ4v) is 2.83. The first-order valence-electron chi connectivity index (χ1n) is 7.10. The van der Waals surface area contributed by atoms with Gasteiger partial charge in [0.1, 0.15) is 5.75 Å². The van der Waals surface area contributed by atoms with E-state index in [1.807, 2.05) is 0 Å². The maximum Gasteiger partial charge on any atom is 0.262 e. The molecule has 0 spiro atoms. The van der Waals surface area contributed by atoms with E-state index in [4.69, 9.17) is 27.9 Å². The van der Waals surface area contributed by atoms with Crippen LogP contribution in [0.4, 0.5) is 11.4 Å². The van der Waals surface area contributed by atoms with Crippen molar-refractivity contribution in [3.63, 3.8) is 0 Å². The van der Waals surface area contributed by atoms with Gasteiger partial charge in [-0.1, -0.05) is 29.3 Å². The van der Waals surface area contributed by atoms with Crippen LogP contribution in [0.15, 0.2) is 36.4 Å². The van der Waals surface area contributed by atoms with Gasteiger partial charge in [-0.3, -0.25) is 9.52 Å². The number of amides is 1. The van der Waals surface area contributed by atoms with Crippen molar-refractivity contribution in [3.8, 4) is 5.75 Å². The Hall–Kier alpha value is -1.96. The average Bonchev–Trinajstić information content (AvgIpc) is 2.50. The normalized spacial score (nSPS) is 11.0. The van der Waals surface area contributed by atoms with Crippen LogP contribution in [0.25, 0.3) is 0 Å². The molecule has 1 amide bonds. The van der Waals surface area contributed by atoms with E-state index in [-0.39, 0.29) is 6.61 Å². The Kier molecular flexibility index (Phi) is 6.16. The van der Waals surface area contributed by atoms with Crippen molar-refractivity contribution in [1.29, 1.82) is 0 Å². The Morgan fingerprint density at radius 2 is 1.84 bits per heavy atom. The van der Waals surface area contributed by atoms with Crippen LogP contribution in [0.1, 0.15) is 5.56 Å². The topological polar surface area (TPSA) is 84.5 Å². The van der Waals surface area contributed by atoms with Gasteiger partial charge in [-0.05, 0) is 36.8 Å². The Morgan fingerprint density at radius 1 is 1.12 bits per heavy atom. The van der Waals surface area contributed by atoms with E-state index in [9.17, 15) is 13.2 Å². The number of hydrogen-bond donors (Lipinski definition) is 2. The summed E-state index contributed by atoms with van der Waals surface area (Å²) in [4.78, 5) is 12.0. The monoisotopic (exact) mass is 402 g/mol. The fraction of sp³-hybridized carbons (Fsp3) is 0.188. The molecule has 0 bridgehead atoms. The molecule has 0 saturated heterocycles.